The summed E-state index contributed by atoms with van der Waals surface area (Å²) in [4.78, 5) is -0.0652. The molecule has 1 aliphatic rings. The maximum absolute atomic E-state index is 12.6. The van der Waals surface area contributed by atoms with Crippen LogP contribution in [0.15, 0.2) is 23.1 Å². The summed E-state index contributed by atoms with van der Waals surface area (Å²) in [5.74, 6) is 0. The van der Waals surface area contributed by atoms with Crippen LogP contribution in [0.3, 0.4) is 0 Å². The van der Waals surface area contributed by atoms with Gasteiger partial charge in [0.1, 0.15) is 0 Å². The second kappa shape index (κ2) is 6.74. The summed E-state index contributed by atoms with van der Waals surface area (Å²) in [6.07, 6.45) is -4.48. The first-order valence-corrected chi connectivity index (χ1v) is 7.98. The van der Waals surface area contributed by atoms with Crippen LogP contribution in [0.5, 0.6) is 0 Å². The van der Waals surface area contributed by atoms with Gasteiger partial charge in [0.2, 0.25) is 10.0 Å². The van der Waals surface area contributed by atoms with Gasteiger partial charge in [0.05, 0.1) is 10.5 Å². The van der Waals surface area contributed by atoms with Gasteiger partial charge in [-0.25, -0.2) is 8.42 Å². The van der Waals surface area contributed by atoms with Crippen molar-refractivity contribution in [2.75, 3.05) is 19.6 Å². The molecule has 1 saturated heterocycles. The molecule has 0 amide bonds. The van der Waals surface area contributed by atoms with Gasteiger partial charge in [-0.1, -0.05) is 0 Å². The first-order chi connectivity index (χ1) is 9.62. The van der Waals surface area contributed by atoms with Crippen molar-refractivity contribution in [2.45, 2.75) is 31.0 Å². The predicted octanol–water partition coefficient (Wildman–Crippen LogP) is 2.42. The molecule has 1 aromatic carbocycles. The number of hydrogen-bond donors (Lipinski definition) is 1. The van der Waals surface area contributed by atoms with Gasteiger partial charge in [-0.3, -0.25) is 0 Å². The van der Waals surface area contributed by atoms with Crippen LogP contribution in [0.1, 0.15) is 18.1 Å². The Kier molecular flexibility index (Phi) is 5.88. The van der Waals surface area contributed by atoms with Crippen LogP contribution in [-0.2, 0) is 16.2 Å². The number of piperazine rings is 1. The standard InChI is InChI=1S/C13H17F3N2O2S.ClH/c1-9-7-11(13(14,15)16)3-4-12(9)21(19,20)18-6-5-17-10(2)8-18;/h3-4,7,10,17H,5-6,8H2,1-2H3;1H. The molecule has 4 nitrogen and oxygen atoms in total. The van der Waals surface area contributed by atoms with E-state index in [4.69, 9.17) is 0 Å². The topological polar surface area (TPSA) is 49.4 Å². The van der Waals surface area contributed by atoms with E-state index in [0.29, 0.717) is 19.6 Å². The Bertz CT molecular complexity index is 635. The molecule has 0 aromatic heterocycles. The number of aryl methyl sites for hydroxylation is 1. The first kappa shape index (κ1) is 19.2. The van der Waals surface area contributed by atoms with Gasteiger partial charge in [0.25, 0.3) is 0 Å². The molecule has 0 spiro atoms. The zero-order valence-electron chi connectivity index (χ0n) is 12.1. The van der Waals surface area contributed by atoms with Crippen molar-refractivity contribution in [3.63, 3.8) is 0 Å². The predicted molar refractivity (Wildman–Crippen MR) is 79.7 cm³/mol. The normalized spacial score (nSPS) is 20.5. The van der Waals surface area contributed by atoms with E-state index in [9.17, 15) is 21.6 Å². The minimum Gasteiger partial charge on any atom is -0.312 e. The smallest absolute Gasteiger partial charge is 0.312 e. The van der Waals surface area contributed by atoms with Crippen molar-refractivity contribution < 1.29 is 21.6 Å². The average Bonchev–Trinajstić information content (AvgIpc) is 2.37. The Hall–Kier alpha value is -0.830. The van der Waals surface area contributed by atoms with Crippen LogP contribution in [0.4, 0.5) is 13.2 Å². The Balaban J connectivity index is 0.00000242. The highest BCUT2D eigenvalue weighted by Gasteiger charge is 2.33. The van der Waals surface area contributed by atoms with Crippen molar-refractivity contribution >= 4 is 22.4 Å². The Morgan fingerprint density at radius 2 is 1.95 bits per heavy atom. The van der Waals surface area contributed by atoms with E-state index >= 15 is 0 Å². The zero-order chi connectivity index (χ0) is 15.8. The fourth-order valence-electron chi connectivity index (χ4n) is 2.37. The fourth-order valence-corrected chi connectivity index (χ4v) is 4.10. The number of hydrogen-bond acceptors (Lipinski definition) is 3. The molecule has 1 heterocycles. The Labute approximate surface area is 134 Å². The molecule has 0 saturated carbocycles. The molecule has 2 rings (SSSR count). The molecule has 0 aliphatic carbocycles. The maximum Gasteiger partial charge on any atom is 0.416 e. The average molecular weight is 359 g/mol. The van der Waals surface area contributed by atoms with E-state index < -0.39 is 21.8 Å². The van der Waals surface area contributed by atoms with Crippen LogP contribution in [0.25, 0.3) is 0 Å². The highest BCUT2D eigenvalue weighted by atomic mass is 35.5. The molecule has 22 heavy (non-hydrogen) atoms. The molecule has 1 aliphatic heterocycles. The van der Waals surface area contributed by atoms with Gasteiger partial charge < -0.3 is 5.32 Å². The summed E-state index contributed by atoms with van der Waals surface area (Å²) in [7, 11) is -3.76. The summed E-state index contributed by atoms with van der Waals surface area (Å²) >= 11 is 0. The second-order valence-corrected chi connectivity index (χ2v) is 7.10. The van der Waals surface area contributed by atoms with Crippen molar-refractivity contribution in [2.24, 2.45) is 0 Å². The number of halogens is 4. The van der Waals surface area contributed by atoms with E-state index in [2.05, 4.69) is 5.32 Å². The van der Waals surface area contributed by atoms with Gasteiger partial charge in [0.15, 0.2) is 0 Å². The first-order valence-electron chi connectivity index (χ1n) is 6.54. The van der Waals surface area contributed by atoms with Crippen LogP contribution in [0.2, 0.25) is 0 Å². The molecule has 126 valence electrons. The molecule has 1 atom stereocenters. The zero-order valence-corrected chi connectivity index (χ0v) is 13.8. The molecule has 1 unspecified atom stereocenters. The van der Waals surface area contributed by atoms with Crippen molar-refractivity contribution in [3.8, 4) is 0 Å². The lowest BCUT2D eigenvalue weighted by atomic mass is 10.1. The monoisotopic (exact) mass is 358 g/mol. The minimum atomic E-state index is -4.48. The maximum atomic E-state index is 12.6. The van der Waals surface area contributed by atoms with E-state index in [-0.39, 0.29) is 28.9 Å². The number of rotatable bonds is 2. The lowest BCUT2D eigenvalue weighted by Crippen LogP contribution is -2.51. The second-order valence-electron chi connectivity index (χ2n) is 5.20. The molecule has 1 aromatic rings. The van der Waals surface area contributed by atoms with Crippen molar-refractivity contribution in [3.05, 3.63) is 29.3 Å². The summed E-state index contributed by atoms with van der Waals surface area (Å²) in [6, 6.07) is 2.74. The summed E-state index contributed by atoms with van der Waals surface area (Å²) < 4.78 is 64.3. The molecule has 1 fully saturated rings. The van der Waals surface area contributed by atoms with Crippen LogP contribution in [0, 0.1) is 6.92 Å². The number of nitrogens with zero attached hydrogens (tertiary/aromatic N) is 1. The third-order valence-corrected chi connectivity index (χ3v) is 5.48. The van der Waals surface area contributed by atoms with Crippen molar-refractivity contribution in [1.29, 1.82) is 0 Å². The van der Waals surface area contributed by atoms with Gasteiger partial charge in [-0.05, 0) is 37.6 Å². The lowest BCUT2D eigenvalue weighted by Gasteiger charge is -2.31. The number of sulfonamides is 1. The molecular formula is C13H18ClF3N2O2S. The van der Waals surface area contributed by atoms with Crippen LogP contribution in [-0.4, -0.2) is 38.4 Å². The lowest BCUT2D eigenvalue weighted by molar-refractivity contribution is -0.137. The molecular weight excluding hydrogens is 341 g/mol. The Morgan fingerprint density at radius 1 is 1.32 bits per heavy atom. The van der Waals surface area contributed by atoms with E-state index in [1.807, 2.05) is 6.92 Å². The van der Waals surface area contributed by atoms with E-state index in [1.54, 1.807) is 0 Å². The molecule has 0 radical (unpaired) electrons. The number of nitrogens with one attached hydrogen (secondary N) is 1. The minimum absolute atomic E-state index is 0. The highest BCUT2D eigenvalue weighted by molar-refractivity contribution is 7.89. The molecule has 9 heteroatoms. The molecule has 1 N–H and O–H groups in total. The summed E-state index contributed by atoms with van der Waals surface area (Å²) in [5, 5.41) is 3.12. The van der Waals surface area contributed by atoms with E-state index in [0.717, 1.165) is 18.2 Å². The van der Waals surface area contributed by atoms with E-state index in [1.165, 1.54) is 11.2 Å². The largest absolute Gasteiger partial charge is 0.416 e. The fraction of sp³-hybridized carbons (Fsp3) is 0.538. The van der Waals surface area contributed by atoms with Gasteiger partial charge in [-0.15, -0.1) is 12.4 Å². The SMILES string of the molecule is Cc1cc(C(F)(F)F)ccc1S(=O)(=O)N1CCNC(C)C1.Cl. The van der Waals surface area contributed by atoms with Crippen molar-refractivity contribution in [1.82, 2.24) is 9.62 Å². The summed E-state index contributed by atoms with van der Waals surface area (Å²) in [5.41, 5.74) is -0.733. The third-order valence-electron chi connectivity index (χ3n) is 3.45. The van der Waals surface area contributed by atoms with Gasteiger partial charge >= 0.3 is 6.18 Å². The Morgan fingerprint density at radius 3 is 2.45 bits per heavy atom. The van der Waals surface area contributed by atoms with Gasteiger partial charge in [-0.2, -0.15) is 17.5 Å². The quantitative estimate of drug-likeness (QED) is 0.883. The number of alkyl halides is 3. The van der Waals surface area contributed by atoms with Crippen LogP contribution >= 0.6 is 12.4 Å². The highest BCUT2D eigenvalue weighted by Crippen LogP contribution is 2.32. The molecule has 0 bridgehead atoms. The summed E-state index contributed by atoms with van der Waals surface area (Å²) in [6.45, 7) is 4.39. The van der Waals surface area contributed by atoms with Gasteiger partial charge in [0, 0.05) is 25.7 Å². The van der Waals surface area contributed by atoms with Crippen LogP contribution < -0.4 is 5.32 Å². The number of benzene rings is 1. The third kappa shape index (κ3) is 3.92.